The molecule has 1 aromatic heterocycles. The number of halogens is 1. The van der Waals surface area contributed by atoms with E-state index in [-0.39, 0.29) is 5.91 Å². The molecule has 0 saturated carbocycles. The summed E-state index contributed by atoms with van der Waals surface area (Å²) in [6.07, 6.45) is 0.963. The average Bonchev–Trinajstić information content (AvgIpc) is 3.02. The minimum atomic E-state index is -0.0633. The first-order valence-corrected chi connectivity index (χ1v) is 10.0. The van der Waals surface area contributed by atoms with E-state index in [2.05, 4.69) is 29.2 Å². The molecule has 2 aromatic carbocycles. The largest absolute Gasteiger partial charge is 0.352 e. The Labute approximate surface area is 174 Å². The molecule has 1 heterocycles. The molecule has 0 saturated heterocycles. The zero-order valence-corrected chi connectivity index (χ0v) is 17.5. The SMILES string of the molecule is CC(C)CCNC(=O)c1ccc(-c2nn(Cc3cccc(Cl)c3)c(=S)[nH]2)cc1. The number of hydrogen-bond donors (Lipinski definition) is 2. The number of aromatic nitrogens is 3. The number of nitrogens with one attached hydrogen (secondary N) is 2. The van der Waals surface area contributed by atoms with E-state index in [4.69, 9.17) is 23.8 Å². The molecule has 0 aliphatic carbocycles. The highest BCUT2D eigenvalue weighted by Crippen LogP contribution is 2.17. The molecule has 5 nitrogen and oxygen atoms in total. The van der Waals surface area contributed by atoms with Gasteiger partial charge in [0, 0.05) is 22.7 Å². The molecule has 146 valence electrons. The summed E-state index contributed by atoms with van der Waals surface area (Å²) < 4.78 is 2.26. The monoisotopic (exact) mass is 414 g/mol. The summed E-state index contributed by atoms with van der Waals surface area (Å²) in [4.78, 5) is 15.3. The Balaban J connectivity index is 1.70. The number of carbonyl (C=O) groups excluding carboxylic acids is 1. The van der Waals surface area contributed by atoms with Crippen LogP contribution in [0.3, 0.4) is 0 Å². The fourth-order valence-electron chi connectivity index (χ4n) is 2.76. The van der Waals surface area contributed by atoms with Gasteiger partial charge in [0.05, 0.1) is 6.54 Å². The summed E-state index contributed by atoms with van der Waals surface area (Å²) in [5.74, 6) is 1.17. The van der Waals surface area contributed by atoms with Gasteiger partial charge in [0.25, 0.3) is 5.91 Å². The van der Waals surface area contributed by atoms with Crippen LogP contribution in [0.15, 0.2) is 48.5 Å². The lowest BCUT2D eigenvalue weighted by Gasteiger charge is -2.07. The van der Waals surface area contributed by atoms with E-state index in [9.17, 15) is 4.79 Å². The first-order chi connectivity index (χ1) is 13.4. The van der Waals surface area contributed by atoms with Gasteiger partial charge in [-0.1, -0.05) is 49.7 Å². The van der Waals surface area contributed by atoms with E-state index in [0.717, 1.165) is 17.5 Å². The quantitative estimate of drug-likeness (QED) is 0.529. The van der Waals surface area contributed by atoms with Crippen LogP contribution in [0.2, 0.25) is 5.02 Å². The fourth-order valence-corrected chi connectivity index (χ4v) is 3.17. The van der Waals surface area contributed by atoms with Gasteiger partial charge in [0.15, 0.2) is 10.6 Å². The van der Waals surface area contributed by atoms with E-state index in [1.54, 1.807) is 16.8 Å². The van der Waals surface area contributed by atoms with Crippen molar-refractivity contribution < 1.29 is 4.79 Å². The third-order valence-corrected chi connectivity index (χ3v) is 4.88. The minimum Gasteiger partial charge on any atom is -0.352 e. The molecular weight excluding hydrogens is 392 g/mol. The van der Waals surface area contributed by atoms with E-state index in [0.29, 0.717) is 40.2 Å². The number of nitrogens with zero attached hydrogens (tertiary/aromatic N) is 2. The van der Waals surface area contributed by atoms with Crippen molar-refractivity contribution in [3.05, 3.63) is 69.5 Å². The molecule has 0 unspecified atom stereocenters. The molecule has 0 fully saturated rings. The molecule has 1 amide bonds. The van der Waals surface area contributed by atoms with E-state index in [1.807, 2.05) is 36.4 Å². The lowest BCUT2D eigenvalue weighted by Crippen LogP contribution is -2.25. The maximum atomic E-state index is 12.2. The molecule has 28 heavy (non-hydrogen) atoms. The van der Waals surface area contributed by atoms with Gasteiger partial charge in [-0.15, -0.1) is 0 Å². The molecule has 7 heteroatoms. The predicted molar refractivity (Wildman–Crippen MR) is 115 cm³/mol. The number of carbonyl (C=O) groups is 1. The summed E-state index contributed by atoms with van der Waals surface area (Å²) in [6, 6.07) is 14.9. The highest BCUT2D eigenvalue weighted by atomic mass is 35.5. The van der Waals surface area contributed by atoms with Crippen LogP contribution in [0.25, 0.3) is 11.4 Å². The topological polar surface area (TPSA) is 62.7 Å². The summed E-state index contributed by atoms with van der Waals surface area (Å²) >= 11 is 11.4. The molecule has 0 radical (unpaired) electrons. The lowest BCUT2D eigenvalue weighted by molar-refractivity contribution is 0.0952. The van der Waals surface area contributed by atoms with Crippen LogP contribution in [0.4, 0.5) is 0 Å². The third kappa shape index (κ3) is 5.30. The van der Waals surface area contributed by atoms with Crippen LogP contribution < -0.4 is 5.32 Å². The average molecular weight is 415 g/mol. The van der Waals surface area contributed by atoms with Gasteiger partial charge in [-0.2, -0.15) is 5.10 Å². The van der Waals surface area contributed by atoms with Crippen LogP contribution in [-0.2, 0) is 6.54 Å². The Hall–Kier alpha value is -2.44. The summed E-state index contributed by atoms with van der Waals surface area (Å²) in [6.45, 7) is 5.48. The second-order valence-electron chi connectivity index (χ2n) is 7.08. The molecule has 0 bridgehead atoms. The van der Waals surface area contributed by atoms with Crippen molar-refractivity contribution >= 4 is 29.7 Å². The van der Waals surface area contributed by atoms with Gasteiger partial charge >= 0.3 is 0 Å². The van der Waals surface area contributed by atoms with Crippen LogP contribution in [0.1, 0.15) is 36.2 Å². The van der Waals surface area contributed by atoms with Gasteiger partial charge in [-0.25, -0.2) is 4.68 Å². The Kier molecular flexibility index (Phi) is 6.65. The minimum absolute atomic E-state index is 0.0633. The second-order valence-corrected chi connectivity index (χ2v) is 7.91. The van der Waals surface area contributed by atoms with Gasteiger partial charge in [-0.3, -0.25) is 4.79 Å². The van der Waals surface area contributed by atoms with Gasteiger partial charge in [-0.05, 0) is 54.4 Å². The first-order valence-electron chi connectivity index (χ1n) is 9.22. The van der Waals surface area contributed by atoms with Crippen molar-refractivity contribution in [1.29, 1.82) is 0 Å². The van der Waals surface area contributed by atoms with Crippen LogP contribution in [-0.4, -0.2) is 27.2 Å². The van der Waals surface area contributed by atoms with E-state index in [1.165, 1.54) is 0 Å². The van der Waals surface area contributed by atoms with E-state index >= 15 is 0 Å². The summed E-state index contributed by atoms with van der Waals surface area (Å²) in [5.41, 5.74) is 2.52. The van der Waals surface area contributed by atoms with Crippen molar-refractivity contribution in [2.75, 3.05) is 6.54 Å². The van der Waals surface area contributed by atoms with Crippen molar-refractivity contribution in [1.82, 2.24) is 20.1 Å². The molecule has 0 atom stereocenters. The van der Waals surface area contributed by atoms with Crippen LogP contribution in [0.5, 0.6) is 0 Å². The van der Waals surface area contributed by atoms with Gasteiger partial charge in [0.1, 0.15) is 0 Å². The van der Waals surface area contributed by atoms with Gasteiger partial charge in [0.2, 0.25) is 0 Å². The molecule has 0 aliphatic heterocycles. The zero-order valence-electron chi connectivity index (χ0n) is 15.9. The highest BCUT2D eigenvalue weighted by molar-refractivity contribution is 7.71. The molecule has 2 N–H and O–H groups in total. The first kappa shape index (κ1) is 20.3. The number of H-pyrrole nitrogens is 1. The smallest absolute Gasteiger partial charge is 0.251 e. The molecule has 0 aliphatic rings. The number of rotatable bonds is 7. The third-order valence-electron chi connectivity index (χ3n) is 4.33. The predicted octanol–water partition coefficient (Wildman–Crippen LogP) is 5.09. The number of benzene rings is 2. The summed E-state index contributed by atoms with van der Waals surface area (Å²) in [5, 5.41) is 8.18. The maximum absolute atomic E-state index is 12.2. The number of aromatic amines is 1. The molecule has 3 aromatic rings. The Bertz CT molecular complexity index is 1010. The zero-order chi connectivity index (χ0) is 20.1. The normalized spacial score (nSPS) is 11.0. The molecular formula is C21H23ClN4OS. The Morgan fingerprint density at radius 2 is 2.00 bits per heavy atom. The van der Waals surface area contributed by atoms with Gasteiger partial charge < -0.3 is 10.3 Å². The number of hydrogen-bond acceptors (Lipinski definition) is 3. The maximum Gasteiger partial charge on any atom is 0.251 e. The van der Waals surface area contributed by atoms with Crippen molar-refractivity contribution in [3.8, 4) is 11.4 Å². The van der Waals surface area contributed by atoms with E-state index < -0.39 is 0 Å². The molecule has 3 rings (SSSR count). The summed E-state index contributed by atoms with van der Waals surface area (Å²) in [7, 11) is 0. The van der Waals surface area contributed by atoms with Crippen molar-refractivity contribution in [3.63, 3.8) is 0 Å². The molecule has 0 spiro atoms. The Morgan fingerprint density at radius 1 is 1.25 bits per heavy atom. The van der Waals surface area contributed by atoms with Crippen molar-refractivity contribution in [2.24, 2.45) is 5.92 Å². The second kappa shape index (κ2) is 9.17. The van der Waals surface area contributed by atoms with Crippen LogP contribution >= 0.6 is 23.8 Å². The highest BCUT2D eigenvalue weighted by Gasteiger charge is 2.09. The fraction of sp³-hybridized carbons (Fsp3) is 0.286. The Morgan fingerprint density at radius 3 is 2.68 bits per heavy atom. The van der Waals surface area contributed by atoms with Crippen molar-refractivity contribution in [2.45, 2.75) is 26.8 Å². The lowest BCUT2D eigenvalue weighted by atomic mass is 10.1. The number of amides is 1. The van der Waals surface area contributed by atoms with Crippen LogP contribution in [0, 0.1) is 10.7 Å². The standard InChI is InChI=1S/C21H23ClN4OS/c1-14(2)10-11-23-20(27)17-8-6-16(7-9-17)19-24-21(28)26(25-19)13-15-4-3-5-18(22)12-15/h3-9,12,14H,10-11,13H2,1-2H3,(H,23,27)(H,24,25,28).